The molecule has 8 heteroatoms. The van der Waals surface area contributed by atoms with Gasteiger partial charge in [0.2, 0.25) is 0 Å². The fraction of sp³-hybridized carbons (Fsp3) is 0.444. The van der Waals surface area contributed by atoms with Gasteiger partial charge in [0.15, 0.2) is 5.41 Å². The van der Waals surface area contributed by atoms with E-state index in [0.29, 0.717) is 35.4 Å². The number of hydrogen-bond acceptors (Lipinski definition) is 8. The number of rotatable bonds is 13. The third kappa shape index (κ3) is 7.04. The van der Waals surface area contributed by atoms with Crippen molar-refractivity contribution in [2.24, 2.45) is 0 Å². The minimum absolute atomic E-state index is 0.163. The van der Waals surface area contributed by atoms with Crippen LogP contribution in [0.4, 0.5) is 0 Å². The Hall–Kier alpha value is -3.41. The molecule has 0 saturated carbocycles. The predicted octanol–water partition coefficient (Wildman–Crippen LogP) is 3.25. The number of methoxy groups -OCH3 is 2. The average Bonchev–Trinajstić information content (AvgIpc) is 2.89. The first kappa shape index (κ1) is 27.8. The molecule has 2 aromatic rings. The highest BCUT2D eigenvalue weighted by Gasteiger charge is 2.42. The van der Waals surface area contributed by atoms with Crippen LogP contribution in [-0.4, -0.2) is 62.9 Å². The molecule has 0 aliphatic carbocycles. The molecular formula is C27H34N2O6. The summed E-state index contributed by atoms with van der Waals surface area (Å²) in [4.78, 5) is 26.8. The van der Waals surface area contributed by atoms with Gasteiger partial charge in [-0.15, -0.1) is 0 Å². The highest BCUT2D eigenvalue weighted by Crippen LogP contribution is 2.34. The van der Waals surface area contributed by atoms with Gasteiger partial charge < -0.3 is 24.2 Å². The molecule has 1 atom stereocenters. The molecule has 8 nitrogen and oxygen atoms in total. The standard InChI is InChI=1S/C27H34N2O6/c1-5-35-26(32)27(19-28,23-10-11-24(33-3)22(17-23)18-30)13-7-14-29(2)15-12-20-8-6-9-21(16-20)25(31)34-4/h6,8-11,16-17,30H,5,7,12-15,18H2,1-4H3. The quantitative estimate of drug-likeness (QED) is 0.434. The monoisotopic (exact) mass is 482 g/mol. The second kappa shape index (κ2) is 13.5. The lowest BCUT2D eigenvalue weighted by molar-refractivity contribution is -0.148. The van der Waals surface area contributed by atoms with Crippen molar-refractivity contribution >= 4 is 11.9 Å². The fourth-order valence-corrected chi connectivity index (χ4v) is 3.97. The summed E-state index contributed by atoms with van der Waals surface area (Å²) < 4.78 is 15.3. The number of carbonyl (C=O) groups excluding carboxylic acids is 2. The van der Waals surface area contributed by atoms with Crippen molar-refractivity contribution in [3.63, 3.8) is 0 Å². The second-order valence-corrected chi connectivity index (χ2v) is 8.27. The minimum Gasteiger partial charge on any atom is -0.496 e. The SMILES string of the molecule is CCOC(=O)C(C#N)(CCCN(C)CCc1cccc(C(=O)OC)c1)c1ccc(OC)c(CO)c1. The molecule has 0 heterocycles. The summed E-state index contributed by atoms with van der Waals surface area (Å²) in [6, 6.07) is 14.5. The zero-order chi connectivity index (χ0) is 25.8. The molecule has 1 unspecified atom stereocenters. The van der Waals surface area contributed by atoms with Gasteiger partial charge in [-0.2, -0.15) is 5.26 Å². The van der Waals surface area contributed by atoms with Crippen molar-refractivity contribution in [1.82, 2.24) is 4.90 Å². The van der Waals surface area contributed by atoms with E-state index < -0.39 is 11.4 Å². The Bertz CT molecular complexity index is 1050. The molecule has 1 N–H and O–H groups in total. The molecule has 0 saturated heterocycles. The van der Waals surface area contributed by atoms with Crippen LogP contribution < -0.4 is 4.74 Å². The van der Waals surface area contributed by atoms with Gasteiger partial charge >= 0.3 is 11.9 Å². The third-order valence-corrected chi connectivity index (χ3v) is 5.98. The predicted molar refractivity (Wildman–Crippen MR) is 131 cm³/mol. The number of ether oxygens (including phenoxy) is 3. The van der Waals surface area contributed by atoms with Crippen molar-refractivity contribution < 1.29 is 28.9 Å². The average molecular weight is 483 g/mol. The lowest BCUT2D eigenvalue weighted by Gasteiger charge is -2.27. The van der Waals surface area contributed by atoms with E-state index in [0.717, 1.165) is 18.5 Å². The van der Waals surface area contributed by atoms with Crippen molar-refractivity contribution in [2.75, 3.05) is 41.0 Å². The van der Waals surface area contributed by atoms with Gasteiger partial charge in [-0.1, -0.05) is 18.2 Å². The van der Waals surface area contributed by atoms with Crippen molar-refractivity contribution in [2.45, 2.75) is 38.2 Å². The number of carbonyl (C=O) groups is 2. The van der Waals surface area contributed by atoms with Crippen LogP contribution in [0.5, 0.6) is 5.75 Å². The van der Waals surface area contributed by atoms with Gasteiger partial charge in [-0.25, -0.2) is 9.59 Å². The maximum absolute atomic E-state index is 13.0. The molecule has 35 heavy (non-hydrogen) atoms. The van der Waals surface area contributed by atoms with Crippen LogP contribution in [-0.2, 0) is 32.7 Å². The summed E-state index contributed by atoms with van der Waals surface area (Å²) in [6.45, 7) is 2.98. The Labute approximate surface area is 207 Å². The van der Waals surface area contributed by atoms with Gasteiger partial charge in [0.05, 0.1) is 39.1 Å². The maximum atomic E-state index is 13.0. The van der Waals surface area contributed by atoms with Gasteiger partial charge in [0.25, 0.3) is 0 Å². The van der Waals surface area contributed by atoms with Crippen LogP contribution in [0.1, 0.15) is 46.8 Å². The molecular weight excluding hydrogens is 448 g/mol. The van der Waals surface area contributed by atoms with E-state index in [9.17, 15) is 20.0 Å². The van der Waals surface area contributed by atoms with Crippen LogP contribution in [0.2, 0.25) is 0 Å². The lowest BCUT2D eigenvalue weighted by atomic mass is 9.77. The molecule has 188 valence electrons. The van der Waals surface area contributed by atoms with E-state index in [1.807, 2.05) is 25.2 Å². The van der Waals surface area contributed by atoms with Crippen molar-refractivity contribution in [3.05, 3.63) is 64.7 Å². The van der Waals surface area contributed by atoms with Gasteiger partial charge in [0, 0.05) is 12.1 Å². The van der Waals surface area contributed by atoms with E-state index in [1.165, 1.54) is 14.2 Å². The Kier molecular flexibility index (Phi) is 10.7. The van der Waals surface area contributed by atoms with E-state index in [1.54, 1.807) is 31.2 Å². The normalized spacial score (nSPS) is 12.5. The first-order chi connectivity index (χ1) is 16.8. The molecule has 0 radical (unpaired) electrons. The molecule has 0 aromatic heterocycles. The van der Waals surface area contributed by atoms with Gasteiger partial charge in [-0.05, 0) is 75.2 Å². The number of aliphatic hydroxyl groups excluding tert-OH is 1. The number of nitriles is 1. The molecule has 0 aliphatic heterocycles. The Morgan fingerprint density at radius 2 is 1.91 bits per heavy atom. The van der Waals surface area contributed by atoms with Crippen LogP contribution in [0.25, 0.3) is 0 Å². The van der Waals surface area contributed by atoms with Crippen molar-refractivity contribution in [1.29, 1.82) is 5.26 Å². The number of aliphatic hydroxyl groups is 1. The fourth-order valence-electron chi connectivity index (χ4n) is 3.97. The Morgan fingerprint density at radius 1 is 1.14 bits per heavy atom. The first-order valence-corrected chi connectivity index (χ1v) is 11.6. The summed E-state index contributed by atoms with van der Waals surface area (Å²) in [7, 11) is 4.83. The second-order valence-electron chi connectivity index (χ2n) is 8.27. The minimum atomic E-state index is -1.48. The number of likely N-dealkylation sites (N-methyl/N-ethyl adjacent to an activating group) is 1. The van der Waals surface area contributed by atoms with E-state index >= 15 is 0 Å². The maximum Gasteiger partial charge on any atom is 0.337 e. The van der Waals surface area contributed by atoms with E-state index in [2.05, 4.69) is 11.0 Å². The Morgan fingerprint density at radius 3 is 2.54 bits per heavy atom. The van der Waals surface area contributed by atoms with Crippen LogP contribution in [0.3, 0.4) is 0 Å². The molecule has 0 spiro atoms. The summed E-state index contributed by atoms with van der Waals surface area (Å²) in [6.07, 6.45) is 1.58. The van der Waals surface area contributed by atoms with Crippen LogP contribution in [0.15, 0.2) is 42.5 Å². The summed E-state index contributed by atoms with van der Waals surface area (Å²) in [5.41, 5.74) is 1.03. The van der Waals surface area contributed by atoms with Gasteiger partial charge in [0.1, 0.15) is 5.75 Å². The van der Waals surface area contributed by atoms with Gasteiger partial charge in [-0.3, -0.25) is 0 Å². The highest BCUT2D eigenvalue weighted by molar-refractivity contribution is 5.89. The summed E-state index contributed by atoms with van der Waals surface area (Å²) >= 11 is 0. The lowest BCUT2D eigenvalue weighted by Crippen LogP contribution is -2.37. The topological polar surface area (TPSA) is 109 Å². The molecule has 0 fully saturated rings. The number of nitrogens with zero attached hydrogens (tertiary/aromatic N) is 2. The molecule has 2 rings (SSSR count). The smallest absolute Gasteiger partial charge is 0.337 e. The Balaban J connectivity index is 2.10. The van der Waals surface area contributed by atoms with E-state index in [-0.39, 0.29) is 25.6 Å². The number of benzene rings is 2. The number of hydrogen-bond donors (Lipinski definition) is 1. The van der Waals surface area contributed by atoms with Crippen LogP contribution >= 0.6 is 0 Å². The molecule has 2 aromatic carbocycles. The molecule has 0 aliphatic rings. The third-order valence-electron chi connectivity index (χ3n) is 5.98. The highest BCUT2D eigenvalue weighted by atomic mass is 16.5. The zero-order valence-corrected chi connectivity index (χ0v) is 20.9. The zero-order valence-electron chi connectivity index (χ0n) is 20.9. The summed E-state index contributed by atoms with van der Waals surface area (Å²) in [5, 5.41) is 19.8. The molecule has 0 amide bonds. The summed E-state index contributed by atoms with van der Waals surface area (Å²) in [5.74, 6) is -0.475. The first-order valence-electron chi connectivity index (χ1n) is 11.6. The van der Waals surface area contributed by atoms with E-state index in [4.69, 9.17) is 14.2 Å². The number of esters is 2. The van der Waals surface area contributed by atoms with Crippen LogP contribution in [0, 0.1) is 11.3 Å². The van der Waals surface area contributed by atoms with Crippen molar-refractivity contribution in [3.8, 4) is 11.8 Å². The largest absolute Gasteiger partial charge is 0.496 e. The molecule has 0 bridgehead atoms.